The number of piperidine rings is 1. The van der Waals surface area contributed by atoms with Crippen LogP contribution in [0.5, 0.6) is 0 Å². The lowest BCUT2D eigenvalue weighted by Gasteiger charge is -2.38. The highest BCUT2D eigenvalue weighted by atomic mass is 15.2. The molecule has 2 atom stereocenters. The second kappa shape index (κ2) is 4.78. The molecule has 0 aliphatic carbocycles. The van der Waals surface area contributed by atoms with Gasteiger partial charge in [0.1, 0.15) is 0 Å². The van der Waals surface area contributed by atoms with E-state index in [0.29, 0.717) is 12.6 Å². The molecule has 1 fully saturated rings. The number of hydrogen-bond acceptors (Lipinski definition) is 4. The van der Waals surface area contributed by atoms with Crippen molar-refractivity contribution in [3.05, 3.63) is 18.1 Å². The van der Waals surface area contributed by atoms with Crippen LogP contribution in [0.2, 0.25) is 0 Å². The van der Waals surface area contributed by atoms with Gasteiger partial charge in [-0.2, -0.15) is 0 Å². The molecule has 1 aliphatic rings. The van der Waals surface area contributed by atoms with Crippen LogP contribution < -0.4 is 10.6 Å². The van der Waals surface area contributed by atoms with Crippen molar-refractivity contribution in [1.82, 2.24) is 9.97 Å². The Morgan fingerprint density at radius 3 is 2.81 bits per heavy atom. The average molecular weight is 220 g/mol. The van der Waals surface area contributed by atoms with Gasteiger partial charge in [0, 0.05) is 31.5 Å². The second-order valence-corrected chi connectivity index (χ2v) is 4.71. The molecule has 2 heterocycles. The summed E-state index contributed by atoms with van der Waals surface area (Å²) >= 11 is 0. The summed E-state index contributed by atoms with van der Waals surface area (Å²) in [5, 5.41) is 0. The Morgan fingerprint density at radius 2 is 2.06 bits per heavy atom. The van der Waals surface area contributed by atoms with E-state index in [1.165, 1.54) is 12.8 Å². The molecular weight excluding hydrogens is 200 g/mol. The SMILES string of the molecule is CC1CCC(C)N(c2nccnc2CN)C1. The van der Waals surface area contributed by atoms with Gasteiger partial charge in [-0.1, -0.05) is 6.92 Å². The summed E-state index contributed by atoms with van der Waals surface area (Å²) in [6.45, 7) is 6.06. The topological polar surface area (TPSA) is 55.0 Å². The zero-order chi connectivity index (χ0) is 11.5. The van der Waals surface area contributed by atoms with E-state index < -0.39 is 0 Å². The van der Waals surface area contributed by atoms with Crippen molar-refractivity contribution in [3.8, 4) is 0 Å². The molecule has 0 aromatic carbocycles. The van der Waals surface area contributed by atoms with Crippen LogP contribution in [-0.4, -0.2) is 22.6 Å². The third-order valence-corrected chi connectivity index (χ3v) is 3.34. The second-order valence-electron chi connectivity index (χ2n) is 4.71. The minimum Gasteiger partial charge on any atom is -0.352 e. The predicted molar refractivity (Wildman–Crippen MR) is 65.1 cm³/mol. The van der Waals surface area contributed by atoms with Gasteiger partial charge in [0.25, 0.3) is 0 Å². The summed E-state index contributed by atoms with van der Waals surface area (Å²) in [6, 6.07) is 0.540. The van der Waals surface area contributed by atoms with Crippen LogP contribution in [0.15, 0.2) is 12.4 Å². The van der Waals surface area contributed by atoms with Crippen molar-refractivity contribution in [2.45, 2.75) is 39.3 Å². The predicted octanol–water partition coefficient (Wildman–Crippen LogP) is 1.56. The maximum absolute atomic E-state index is 5.71. The van der Waals surface area contributed by atoms with Crippen molar-refractivity contribution in [2.75, 3.05) is 11.4 Å². The first-order valence-electron chi connectivity index (χ1n) is 5.99. The Morgan fingerprint density at radius 1 is 1.31 bits per heavy atom. The molecule has 0 amide bonds. The van der Waals surface area contributed by atoms with E-state index in [2.05, 4.69) is 28.7 Å². The Kier molecular flexibility index (Phi) is 3.39. The van der Waals surface area contributed by atoms with Crippen molar-refractivity contribution < 1.29 is 0 Å². The summed E-state index contributed by atoms with van der Waals surface area (Å²) in [7, 11) is 0. The van der Waals surface area contributed by atoms with Gasteiger partial charge >= 0.3 is 0 Å². The standard InChI is InChI=1S/C12H20N4/c1-9-3-4-10(2)16(8-9)12-11(7-13)14-5-6-15-12/h5-6,9-10H,3-4,7-8,13H2,1-2H3. The van der Waals surface area contributed by atoms with E-state index in [1.54, 1.807) is 12.4 Å². The summed E-state index contributed by atoms with van der Waals surface area (Å²) < 4.78 is 0. The van der Waals surface area contributed by atoms with Gasteiger partial charge in [-0.3, -0.25) is 4.98 Å². The van der Waals surface area contributed by atoms with E-state index in [-0.39, 0.29) is 0 Å². The number of anilines is 1. The third kappa shape index (κ3) is 2.16. The van der Waals surface area contributed by atoms with Gasteiger partial charge in [-0.25, -0.2) is 4.98 Å². The van der Waals surface area contributed by atoms with E-state index in [9.17, 15) is 0 Å². The van der Waals surface area contributed by atoms with E-state index in [4.69, 9.17) is 5.73 Å². The monoisotopic (exact) mass is 220 g/mol. The normalized spacial score (nSPS) is 25.8. The van der Waals surface area contributed by atoms with E-state index in [1.807, 2.05) is 0 Å². The average Bonchev–Trinajstić information content (AvgIpc) is 2.32. The van der Waals surface area contributed by atoms with Gasteiger partial charge < -0.3 is 10.6 Å². The molecule has 16 heavy (non-hydrogen) atoms. The molecule has 1 aliphatic heterocycles. The Balaban J connectivity index is 2.27. The van der Waals surface area contributed by atoms with Gasteiger partial charge in [-0.05, 0) is 25.7 Å². The molecule has 0 bridgehead atoms. The molecule has 2 rings (SSSR count). The number of hydrogen-bond donors (Lipinski definition) is 1. The first-order valence-corrected chi connectivity index (χ1v) is 5.99. The molecule has 4 heteroatoms. The lowest BCUT2D eigenvalue weighted by atomic mass is 9.95. The highest BCUT2D eigenvalue weighted by Gasteiger charge is 2.25. The van der Waals surface area contributed by atoms with Crippen LogP contribution in [0.3, 0.4) is 0 Å². The molecule has 1 saturated heterocycles. The Labute approximate surface area is 96.9 Å². The van der Waals surface area contributed by atoms with E-state index >= 15 is 0 Å². The maximum Gasteiger partial charge on any atom is 0.151 e. The summed E-state index contributed by atoms with van der Waals surface area (Å²) in [5.74, 6) is 1.70. The number of nitrogens with two attached hydrogens (primary N) is 1. The number of aromatic nitrogens is 2. The lowest BCUT2D eigenvalue weighted by molar-refractivity contribution is 0.387. The Hall–Kier alpha value is -1.16. The minimum absolute atomic E-state index is 0.459. The summed E-state index contributed by atoms with van der Waals surface area (Å²) in [6.07, 6.45) is 5.99. The summed E-state index contributed by atoms with van der Waals surface area (Å²) in [4.78, 5) is 11.1. The first kappa shape index (κ1) is 11.3. The van der Waals surface area contributed by atoms with Crippen LogP contribution in [-0.2, 0) is 6.54 Å². The van der Waals surface area contributed by atoms with Crippen LogP contribution in [0.1, 0.15) is 32.4 Å². The molecule has 0 spiro atoms. The quantitative estimate of drug-likeness (QED) is 0.821. The molecule has 4 nitrogen and oxygen atoms in total. The van der Waals surface area contributed by atoms with Crippen LogP contribution >= 0.6 is 0 Å². The summed E-state index contributed by atoms with van der Waals surface area (Å²) in [5.41, 5.74) is 6.61. The van der Waals surface area contributed by atoms with Gasteiger partial charge in [0.15, 0.2) is 5.82 Å². The largest absolute Gasteiger partial charge is 0.352 e. The van der Waals surface area contributed by atoms with Gasteiger partial charge in [-0.15, -0.1) is 0 Å². The molecule has 88 valence electrons. The van der Waals surface area contributed by atoms with Crippen LogP contribution in [0.4, 0.5) is 5.82 Å². The molecular formula is C12H20N4. The molecule has 0 saturated carbocycles. The fourth-order valence-corrected chi connectivity index (χ4v) is 2.33. The maximum atomic E-state index is 5.71. The highest BCUT2D eigenvalue weighted by Crippen LogP contribution is 2.27. The molecule has 1 aromatic rings. The van der Waals surface area contributed by atoms with Gasteiger partial charge in [0.2, 0.25) is 0 Å². The molecule has 1 aromatic heterocycles. The molecule has 2 N–H and O–H groups in total. The van der Waals surface area contributed by atoms with Crippen LogP contribution in [0, 0.1) is 5.92 Å². The highest BCUT2D eigenvalue weighted by molar-refractivity contribution is 5.44. The third-order valence-electron chi connectivity index (χ3n) is 3.34. The van der Waals surface area contributed by atoms with E-state index in [0.717, 1.165) is 24.0 Å². The Bertz CT molecular complexity index is 353. The van der Waals surface area contributed by atoms with Crippen molar-refractivity contribution in [3.63, 3.8) is 0 Å². The smallest absolute Gasteiger partial charge is 0.151 e. The van der Waals surface area contributed by atoms with Crippen molar-refractivity contribution in [1.29, 1.82) is 0 Å². The first-order chi connectivity index (χ1) is 7.72. The molecule has 2 unspecified atom stereocenters. The fraction of sp³-hybridized carbons (Fsp3) is 0.667. The fourth-order valence-electron chi connectivity index (χ4n) is 2.33. The van der Waals surface area contributed by atoms with Crippen molar-refractivity contribution in [2.24, 2.45) is 11.7 Å². The number of rotatable bonds is 2. The van der Waals surface area contributed by atoms with Gasteiger partial charge in [0.05, 0.1) is 5.69 Å². The zero-order valence-corrected chi connectivity index (χ0v) is 10.1. The zero-order valence-electron chi connectivity index (χ0n) is 10.1. The number of nitrogens with zero attached hydrogens (tertiary/aromatic N) is 3. The lowest BCUT2D eigenvalue weighted by Crippen LogP contribution is -2.42. The van der Waals surface area contributed by atoms with Crippen LogP contribution in [0.25, 0.3) is 0 Å². The minimum atomic E-state index is 0.459. The molecule has 0 radical (unpaired) electrons. The van der Waals surface area contributed by atoms with Crippen molar-refractivity contribution >= 4 is 5.82 Å².